The van der Waals surface area contributed by atoms with Gasteiger partial charge in [-0.3, -0.25) is 4.72 Å². The molecule has 0 bridgehead atoms. The lowest BCUT2D eigenvalue weighted by atomic mass is 10.2. The van der Waals surface area contributed by atoms with Gasteiger partial charge in [0.15, 0.2) is 0 Å². The van der Waals surface area contributed by atoms with Crippen molar-refractivity contribution >= 4 is 44.9 Å². The Morgan fingerprint density at radius 2 is 1.77 bits per heavy atom. The largest absolute Gasteiger partial charge is 0.545 e. The number of carboxylic acids is 1. The van der Waals surface area contributed by atoms with Gasteiger partial charge in [-0.2, -0.15) is 0 Å². The summed E-state index contributed by atoms with van der Waals surface area (Å²) in [5.41, 5.74) is 0.621. The topological polar surface area (TPSA) is 86.3 Å². The van der Waals surface area contributed by atoms with Crippen LogP contribution in [0.4, 0.5) is 5.69 Å². The summed E-state index contributed by atoms with van der Waals surface area (Å²) in [6, 6.07) is 8.67. The molecule has 2 aromatic carbocycles. The monoisotopic (exact) mass is 358 g/mol. The van der Waals surface area contributed by atoms with Crippen LogP contribution < -0.4 is 9.83 Å². The van der Waals surface area contributed by atoms with Crippen molar-refractivity contribution in [3.05, 3.63) is 57.6 Å². The lowest BCUT2D eigenvalue weighted by molar-refractivity contribution is -0.255. The number of hydrogen-bond acceptors (Lipinski definition) is 4. The molecule has 1 N–H and O–H groups in total. The summed E-state index contributed by atoms with van der Waals surface area (Å²) in [7, 11) is -4.07. The average molecular weight is 359 g/mol. The number of anilines is 1. The van der Waals surface area contributed by atoms with Crippen molar-refractivity contribution in [2.24, 2.45) is 0 Å². The van der Waals surface area contributed by atoms with E-state index in [0.29, 0.717) is 11.3 Å². The first kappa shape index (κ1) is 16.6. The third-order valence-corrected chi connectivity index (χ3v) is 5.06. The van der Waals surface area contributed by atoms with Crippen LogP contribution in [-0.2, 0) is 10.0 Å². The van der Waals surface area contributed by atoms with Crippen molar-refractivity contribution in [2.75, 3.05) is 4.72 Å². The molecule has 0 atom stereocenters. The fourth-order valence-corrected chi connectivity index (χ4v) is 3.76. The molecule has 0 saturated heterocycles. The Labute approximate surface area is 137 Å². The van der Waals surface area contributed by atoms with Gasteiger partial charge in [0.2, 0.25) is 0 Å². The van der Waals surface area contributed by atoms with Crippen LogP contribution in [-0.4, -0.2) is 14.4 Å². The van der Waals surface area contributed by atoms with E-state index in [0.717, 1.165) is 12.1 Å². The van der Waals surface area contributed by atoms with Crippen molar-refractivity contribution < 1.29 is 18.3 Å². The molecular weight excluding hydrogens is 349 g/mol. The molecule has 0 unspecified atom stereocenters. The Morgan fingerprint density at radius 3 is 2.36 bits per heavy atom. The first-order valence-electron chi connectivity index (χ1n) is 6.01. The second-order valence-corrected chi connectivity index (χ2v) is 6.94. The number of nitrogens with one attached hydrogen (secondary N) is 1. The molecule has 0 aromatic heterocycles. The Hall–Kier alpha value is -1.76. The summed E-state index contributed by atoms with van der Waals surface area (Å²) in [5.74, 6) is -1.59. The zero-order chi connectivity index (χ0) is 16.5. The Kier molecular flexibility index (Phi) is 4.65. The van der Waals surface area contributed by atoms with Gasteiger partial charge in [-0.25, -0.2) is 8.42 Å². The summed E-state index contributed by atoms with van der Waals surface area (Å²) in [4.78, 5) is 10.6. The van der Waals surface area contributed by atoms with E-state index in [4.69, 9.17) is 23.2 Å². The number of hydrogen-bond donors (Lipinski definition) is 1. The average Bonchev–Trinajstić information content (AvgIpc) is 2.40. The maximum Gasteiger partial charge on any atom is 0.263 e. The third kappa shape index (κ3) is 3.35. The van der Waals surface area contributed by atoms with Crippen LogP contribution >= 0.6 is 23.2 Å². The standard InChI is InChI=1S/C14H11Cl2NO4S/c1-8-4-2-3-5-12(8)17-22(20,21)13-6-9(14(18)19)10(15)7-11(13)16/h2-7,17H,1H3,(H,18,19)/p-1. The van der Waals surface area contributed by atoms with Crippen molar-refractivity contribution in [1.82, 2.24) is 0 Å². The summed E-state index contributed by atoms with van der Waals surface area (Å²) in [5, 5.41) is 10.6. The molecule has 0 aliphatic heterocycles. The molecule has 0 radical (unpaired) electrons. The quantitative estimate of drug-likeness (QED) is 0.909. The van der Waals surface area contributed by atoms with Crippen LogP contribution in [0.3, 0.4) is 0 Å². The predicted molar refractivity (Wildman–Crippen MR) is 82.8 cm³/mol. The number of carboxylic acid groups (broad SMARTS) is 1. The summed E-state index contributed by atoms with van der Waals surface area (Å²) < 4.78 is 27.2. The molecule has 0 spiro atoms. The van der Waals surface area contributed by atoms with Crippen molar-refractivity contribution in [3.8, 4) is 0 Å². The fraction of sp³-hybridized carbons (Fsp3) is 0.0714. The minimum absolute atomic E-state index is 0.184. The third-order valence-electron chi connectivity index (χ3n) is 2.92. The van der Waals surface area contributed by atoms with E-state index in [-0.39, 0.29) is 14.9 Å². The molecule has 2 rings (SSSR count). The highest BCUT2D eigenvalue weighted by molar-refractivity contribution is 7.92. The molecule has 116 valence electrons. The molecule has 0 heterocycles. The maximum absolute atomic E-state index is 12.4. The molecule has 22 heavy (non-hydrogen) atoms. The van der Waals surface area contributed by atoms with Crippen LogP contribution in [0.15, 0.2) is 41.3 Å². The molecule has 0 fully saturated rings. The van der Waals surface area contributed by atoms with Crippen LogP contribution in [0.25, 0.3) is 0 Å². The van der Waals surface area contributed by atoms with Crippen molar-refractivity contribution in [3.63, 3.8) is 0 Å². The van der Waals surface area contributed by atoms with Gasteiger partial charge >= 0.3 is 0 Å². The van der Waals surface area contributed by atoms with Gasteiger partial charge in [-0.15, -0.1) is 0 Å². The van der Waals surface area contributed by atoms with Gasteiger partial charge in [-0.05, 0) is 30.7 Å². The van der Waals surface area contributed by atoms with Crippen molar-refractivity contribution in [2.45, 2.75) is 11.8 Å². The molecule has 0 saturated carbocycles. The number of sulfonamides is 1. The van der Waals surface area contributed by atoms with Gasteiger partial charge in [-0.1, -0.05) is 41.4 Å². The highest BCUT2D eigenvalue weighted by Crippen LogP contribution is 2.30. The number of carbonyl (C=O) groups is 1. The number of aryl methyl sites for hydroxylation is 1. The first-order chi connectivity index (χ1) is 10.2. The normalized spacial score (nSPS) is 11.2. The molecule has 8 heteroatoms. The Morgan fingerprint density at radius 1 is 1.14 bits per heavy atom. The van der Waals surface area contributed by atoms with E-state index in [9.17, 15) is 18.3 Å². The van der Waals surface area contributed by atoms with Gasteiger partial charge < -0.3 is 9.90 Å². The van der Waals surface area contributed by atoms with E-state index in [2.05, 4.69) is 4.72 Å². The Balaban J connectivity index is 2.52. The van der Waals surface area contributed by atoms with Crippen molar-refractivity contribution in [1.29, 1.82) is 0 Å². The summed E-state index contributed by atoms with van der Waals surface area (Å²) in [6.45, 7) is 1.73. The van der Waals surface area contributed by atoms with E-state index < -0.39 is 21.6 Å². The van der Waals surface area contributed by atoms with E-state index in [1.807, 2.05) is 0 Å². The van der Waals surface area contributed by atoms with Crippen LogP contribution in [0.2, 0.25) is 10.0 Å². The number of rotatable bonds is 4. The fourth-order valence-electron chi connectivity index (χ4n) is 1.78. The molecule has 2 aromatic rings. The Bertz CT molecular complexity index is 850. The first-order valence-corrected chi connectivity index (χ1v) is 8.25. The molecule has 0 aliphatic rings. The molecule has 0 amide bonds. The van der Waals surface area contributed by atoms with Gasteiger partial charge in [0.05, 0.1) is 21.7 Å². The number of benzene rings is 2. The van der Waals surface area contributed by atoms with Gasteiger partial charge in [0, 0.05) is 5.56 Å². The number of halogens is 2. The summed E-state index contributed by atoms with van der Waals surface area (Å²) in [6.07, 6.45) is 0. The molecular formula is C14H10Cl2NO4S-. The predicted octanol–water partition coefficient (Wildman–Crippen LogP) is 2.47. The molecule has 0 aliphatic carbocycles. The SMILES string of the molecule is Cc1ccccc1NS(=O)(=O)c1cc(C(=O)[O-])c(Cl)cc1Cl. The van der Waals surface area contributed by atoms with Crippen LogP contribution in [0.1, 0.15) is 15.9 Å². The second kappa shape index (κ2) is 6.16. The zero-order valence-corrected chi connectivity index (χ0v) is 13.6. The van der Waals surface area contributed by atoms with E-state index in [1.165, 1.54) is 0 Å². The number of carbonyl (C=O) groups excluding carboxylic acids is 1. The zero-order valence-electron chi connectivity index (χ0n) is 11.3. The highest BCUT2D eigenvalue weighted by atomic mass is 35.5. The smallest absolute Gasteiger partial charge is 0.263 e. The van der Waals surface area contributed by atoms with Gasteiger partial charge in [0.25, 0.3) is 10.0 Å². The van der Waals surface area contributed by atoms with Gasteiger partial charge in [0.1, 0.15) is 4.90 Å². The number of aromatic carboxylic acids is 1. The number of para-hydroxylation sites is 1. The van der Waals surface area contributed by atoms with E-state index >= 15 is 0 Å². The van der Waals surface area contributed by atoms with Crippen LogP contribution in [0, 0.1) is 6.92 Å². The summed E-state index contributed by atoms with van der Waals surface area (Å²) >= 11 is 11.6. The lowest BCUT2D eigenvalue weighted by Gasteiger charge is -2.14. The minimum Gasteiger partial charge on any atom is -0.545 e. The molecule has 5 nitrogen and oxygen atoms in total. The lowest BCUT2D eigenvalue weighted by Crippen LogP contribution is -2.23. The van der Waals surface area contributed by atoms with E-state index in [1.54, 1.807) is 31.2 Å². The minimum atomic E-state index is -4.07. The second-order valence-electron chi connectivity index (χ2n) is 4.47. The van der Waals surface area contributed by atoms with Crippen LogP contribution in [0.5, 0.6) is 0 Å². The highest BCUT2D eigenvalue weighted by Gasteiger charge is 2.21. The maximum atomic E-state index is 12.4.